The van der Waals surface area contributed by atoms with Crippen LogP contribution in [0.5, 0.6) is 0 Å². The van der Waals surface area contributed by atoms with Gasteiger partial charge in [-0.1, -0.05) is 54.1 Å². The molecule has 86 valence electrons. The summed E-state index contributed by atoms with van der Waals surface area (Å²) in [6.45, 7) is 2.11. The van der Waals surface area contributed by atoms with E-state index in [0.29, 0.717) is 0 Å². The maximum Gasteiger partial charge on any atom is 0.00695 e. The van der Waals surface area contributed by atoms with Crippen LogP contribution < -0.4 is 0 Å². The molecule has 0 aliphatic heterocycles. The molecule has 0 aromatic heterocycles. The zero-order valence-electron chi connectivity index (χ0n) is 10.2. The van der Waals surface area contributed by atoms with E-state index < -0.39 is 0 Å². The van der Waals surface area contributed by atoms with Gasteiger partial charge in [0, 0.05) is 4.90 Å². The number of rotatable bonds is 3. The Morgan fingerprint density at radius 1 is 0.765 bits per heavy atom. The third-order valence-corrected chi connectivity index (χ3v) is 3.40. The van der Waals surface area contributed by atoms with Crippen molar-refractivity contribution >= 4 is 23.9 Å². The minimum Gasteiger partial charge on any atom is -0.130 e. The number of aryl methyl sites for hydroxylation is 1. The lowest BCUT2D eigenvalue weighted by Crippen LogP contribution is -1.75. The van der Waals surface area contributed by atoms with Crippen molar-refractivity contribution in [3.8, 4) is 0 Å². The van der Waals surface area contributed by atoms with Crippen LogP contribution in [0.1, 0.15) is 16.7 Å². The van der Waals surface area contributed by atoms with E-state index >= 15 is 0 Å². The standard InChI is InChI=1S/C16H16S/c1-13-3-5-14(6-4-13)7-8-15-9-11-16(17-2)12-10-15/h3-12H,1-2H3/b8-7-. The Morgan fingerprint density at radius 3 is 1.71 bits per heavy atom. The highest BCUT2D eigenvalue weighted by Gasteiger charge is 1.90. The SMILES string of the molecule is CSc1ccc(/C=C\c2ccc(C)cc2)cc1. The first-order valence-corrected chi connectivity index (χ1v) is 6.89. The topological polar surface area (TPSA) is 0 Å². The normalized spacial score (nSPS) is 10.9. The van der Waals surface area contributed by atoms with Crippen molar-refractivity contribution in [3.05, 3.63) is 65.2 Å². The molecule has 0 unspecified atom stereocenters. The van der Waals surface area contributed by atoms with E-state index in [1.165, 1.54) is 21.6 Å². The van der Waals surface area contributed by atoms with Gasteiger partial charge in [0.05, 0.1) is 0 Å². The van der Waals surface area contributed by atoms with Crippen LogP contribution in [0.3, 0.4) is 0 Å². The summed E-state index contributed by atoms with van der Waals surface area (Å²) in [5, 5.41) is 0. The monoisotopic (exact) mass is 240 g/mol. The lowest BCUT2D eigenvalue weighted by atomic mass is 10.1. The van der Waals surface area contributed by atoms with Gasteiger partial charge in [-0.05, 0) is 36.4 Å². The van der Waals surface area contributed by atoms with Gasteiger partial charge in [0.15, 0.2) is 0 Å². The fourth-order valence-corrected chi connectivity index (χ4v) is 1.99. The zero-order chi connectivity index (χ0) is 12.1. The van der Waals surface area contributed by atoms with Gasteiger partial charge in [0.1, 0.15) is 0 Å². The predicted octanol–water partition coefficient (Wildman–Crippen LogP) is 4.89. The molecule has 17 heavy (non-hydrogen) atoms. The highest BCUT2D eigenvalue weighted by atomic mass is 32.2. The van der Waals surface area contributed by atoms with Gasteiger partial charge < -0.3 is 0 Å². The van der Waals surface area contributed by atoms with Gasteiger partial charge in [0.2, 0.25) is 0 Å². The number of benzene rings is 2. The molecule has 0 spiro atoms. The third-order valence-electron chi connectivity index (χ3n) is 2.66. The van der Waals surface area contributed by atoms with Crippen LogP contribution in [0, 0.1) is 6.92 Å². The number of thioether (sulfide) groups is 1. The maximum absolute atomic E-state index is 2.15. The molecule has 0 aliphatic carbocycles. The van der Waals surface area contributed by atoms with Gasteiger partial charge in [0.25, 0.3) is 0 Å². The van der Waals surface area contributed by atoms with E-state index in [0.717, 1.165) is 0 Å². The van der Waals surface area contributed by atoms with Crippen molar-refractivity contribution in [1.29, 1.82) is 0 Å². The van der Waals surface area contributed by atoms with Crippen LogP contribution >= 0.6 is 11.8 Å². The molecular formula is C16H16S. The second kappa shape index (κ2) is 5.74. The molecule has 0 heterocycles. The lowest BCUT2D eigenvalue weighted by molar-refractivity contribution is 1.45. The largest absolute Gasteiger partial charge is 0.130 e. The lowest BCUT2D eigenvalue weighted by Gasteiger charge is -1.98. The van der Waals surface area contributed by atoms with E-state index in [-0.39, 0.29) is 0 Å². The van der Waals surface area contributed by atoms with Crippen molar-refractivity contribution in [1.82, 2.24) is 0 Å². The Morgan fingerprint density at radius 2 is 1.24 bits per heavy atom. The number of hydrogen-bond acceptors (Lipinski definition) is 1. The van der Waals surface area contributed by atoms with Crippen LogP contribution in [0.2, 0.25) is 0 Å². The quantitative estimate of drug-likeness (QED) is 0.544. The summed E-state index contributed by atoms with van der Waals surface area (Å²) in [4.78, 5) is 1.30. The highest BCUT2D eigenvalue weighted by Crippen LogP contribution is 2.16. The zero-order valence-corrected chi connectivity index (χ0v) is 11.0. The summed E-state index contributed by atoms with van der Waals surface area (Å²) in [6.07, 6.45) is 6.39. The summed E-state index contributed by atoms with van der Waals surface area (Å²) < 4.78 is 0. The van der Waals surface area contributed by atoms with Crippen molar-refractivity contribution in [2.24, 2.45) is 0 Å². The van der Waals surface area contributed by atoms with Crippen LogP contribution in [-0.2, 0) is 0 Å². The molecule has 0 fully saturated rings. The second-order valence-electron chi connectivity index (χ2n) is 4.02. The molecule has 1 heteroatoms. The van der Waals surface area contributed by atoms with Crippen LogP contribution in [0.25, 0.3) is 12.2 Å². The minimum atomic E-state index is 1.24. The van der Waals surface area contributed by atoms with E-state index in [1.54, 1.807) is 11.8 Å². The molecule has 0 atom stereocenters. The van der Waals surface area contributed by atoms with Crippen LogP contribution in [0.4, 0.5) is 0 Å². The summed E-state index contributed by atoms with van der Waals surface area (Å²) in [5.41, 5.74) is 3.78. The number of hydrogen-bond donors (Lipinski definition) is 0. The summed E-state index contributed by atoms with van der Waals surface area (Å²) in [7, 11) is 0. The smallest absolute Gasteiger partial charge is 0.00695 e. The first kappa shape index (κ1) is 12.0. The maximum atomic E-state index is 2.15. The summed E-state index contributed by atoms with van der Waals surface area (Å²) in [6, 6.07) is 17.2. The molecule has 0 saturated heterocycles. The minimum absolute atomic E-state index is 1.24. The third kappa shape index (κ3) is 3.50. The van der Waals surface area contributed by atoms with Crippen molar-refractivity contribution in [2.45, 2.75) is 11.8 Å². The van der Waals surface area contributed by atoms with Gasteiger partial charge >= 0.3 is 0 Å². The van der Waals surface area contributed by atoms with Crippen molar-refractivity contribution in [2.75, 3.05) is 6.26 Å². The van der Waals surface area contributed by atoms with Gasteiger partial charge in [-0.15, -0.1) is 11.8 Å². The fourth-order valence-electron chi connectivity index (χ4n) is 1.59. The average molecular weight is 240 g/mol. The second-order valence-corrected chi connectivity index (χ2v) is 4.90. The molecule has 0 saturated carbocycles. The van der Waals surface area contributed by atoms with E-state index in [4.69, 9.17) is 0 Å². The van der Waals surface area contributed by atoms with E-state index in [1.807, 2.05) is 0 Å². The molecule has 0 nitrogen and oxygen atoms in total. The molecule has 2 aromatic carbocycles. The molecule has 0 radical (unpaired) electrons. The fraction of sp³-hybridized carbons (Fsp3) is 0.125. The molecule has 0 N–H and O–H groups in total. The van der Waals surface area contributed by atoms with Crippen LogP contribution in [0.15, 0.2) is 53.4 Å². The highest BCUT2D eigenvalue weighted by molar-refractivity contribution is 7.98. The molecule has 0 aliphatic rings. The molecule has 0 amide bonds. The molecule has 2 aromatic rings. The Labute approximate surface area is 107 Å². The molecular weight excluding hydrogens is 224 g/mol. The first-order valence-electron chi connectivity index (χ1n) is 5.67. The predicted molar refractivity (Wildman–Crippen MR) is 78.3 cm³/mol. The van der Waals surface area contributed by atoms with Crippen molar-refractivity contribution in [3.63, 3.8) is 0 Å². The molecule has 2 rings (SSSR count). The Hall–Kier alpha value is -1.47. The summed E-state index contributed by atoms with van der Waals surface area (Å²) >= 11 is 1.77. The van der Waals surface area contributed by atoms with Crippen LogP contribution in [-0.4, -0.2) is 6.26 Å². The Kier molecular flexibility index (Phi) is 4.05. The molecule has 0 bridgehead atoms. The Bertz CT molecular complexity index is 492. The average Bonchev–Trinajstić information content (AvgIpc) is 2.39. The summed E-state index contributed by atoms with van der Waals surface area (Å²) in [5.74, 6) is 0. The van der Waals surface area contributed by atoms with E-state index in [9.17, 15) is 0 Å². The van der Waals surface area contributed by atoms with Gasteiger partial charge in [-0.3, -0.25) is 0 Å². The van der Waals surface area contributed by atoms with Crippen molar-refractivity contribution < 1.29 is 0 Å². The first-order chi connectivity index (χ1) is 8.28. The van der Waals surface area contributed by atoms with Gasteiger partial charge in [-0.2, -0.15) is 0 Å². The Balaban J connectivity index is 2.11. The van der Waals surface area contributed by atoms with E-state index in [2.05, 4.69) is 73.9 Å². The van der Waals surface area contributed by atoms with Gasteiger partial charge in [-0.25, -0.2) is 0 Å².